The molecule has 0 atom stereocenters. The standard InChI is InChI=1S/C21H28N2O/c1-3-8-20(9-4-1)12-14-23-17-15-22(16-18-23)13-7-19-24-21-10-5-2-6-11-21/h1-6,8-11H,7,12-19H2. The lowest BCUT2D eigenvalue weighted by Crippen LogP contribution is -2.47. The Morgan fingerprint density at radius 2 is 1.29 bits per heavy atom. The molecule has 1 aliphatic rings. The van der Waals surface area contributed by atoms with E-state index < -0.39 is 0 Å². The Labute approximate surface area is 145 Å². The van der Waals surface area contributed by atoms with Crippen molar-refractivity contribution in [3.8, 4) is 5.75 Å². The van der Waals surface area contributed by atoms with Gasteiger partial charge >= 0.3 is 0 Å². The van der Waals surface area contributed by atoms with Crippen LogP contribution in [-0.2, 0) is 6.42 Å². The second kappa shape index (κ2) is 9.45. The van der Waals surface area contributed by atoms with Crippen molar-refractivity contribution in [1.29, 1.82) is 0 Å². The molecule has 0 spiro atoms. The minimum atomic E-state index is 0.804. The third kappa shape index (κ3) is 5.66. The van der Waals surface area contributed by atoms with Gasteiger partial charge < -0.3 is 14.5 Å². The highest BCUT2D eigenvalue weighted by Crippen LogP contribution is 2.09. The van der Waals surface area contributed by atoms with Gasteiger partial charge in [0.2, 0.25) is 0 Å². The topological polar surface area (TPSA) is 15.7 Å². The maximum absolute atomic E-state index is 5.77. The Bertz CT molecular complexity index is 565. The summed E-state index contributed by atoms with van der Waals surface area (Å²) in [5.74, 6) is 0.975. The molecule has 1 aliphatic heterocycles. The zero-order valence-electron chi connectivity index (χ0n) is 14.4. The van der Waals surface area contributed by atoms with Crippen LogP contribution in [0.5, 0.6) is 5.75 Å². The van der Waals surface area contributed by atoms with E-state index in [0.29, 0.717) is 0 Å². The number of hydrogen-bond acceptors (Lipinski definition) is 3. The van der Waals surface area contributed by atoms with Crippen molar-refractivity contribution in [1.82, 2.24) is 9.80 Å². The summed E-state index contributed by atoms with van der Waals surface area (Å²) in [6.45, 7) is 7.85. The summed E-state index contributed by atoms with van der Waals surface area (Å²) in [5, 5.41) is 0. The molecule has 24 heavy (non-hydrogen) atoms. The lowest BCUT2D eigenvalue weighted by Gasteiger charge is -2.34. The van der Waals surface area contributed by atoms with E-state index in [1.54, 1.807) is 0 Å². The van der Waals surface area contributed by atoms with Crippen LogP contribution < -0.4 is 4.74 Å². The van der Waals surface area contributed by atoms with E-state index in [9.17, 15) is 0 Å². The SMILES string of the molecule is c1ccc(CCN2CCN(CCCOc3ccccc3)CC2)cc1. The van der Waals surface area contributed by atoms with Gasteiger partial charge in [0.1, 0.15) is 5.75 Å². The third-order valence-electron chi connectivity index (χ3n) is 4.66. The van der Waals surface area contributed by atoms with Crippen LogP contribution in [0.1, 0.15) is 12.0 Å². The predicted molar refractivity (Wildman–Crippen MR) is 99.6 cm³/mol. The van der Waals surface area contributed by atoms with Gasteiger partial charge in [-0.2, -0.15) is 0 Å². The Morgan fingerprint density at radius 3 is 1.96 bits per heavy atom. The molecule has 0 radical (unpaired) electrons. The van der Waals surface area contributed by atoms with Crippen LogP contribution in [0.2, 0.25) is 0 Å². The highest BCUT2D eigenvalue weighted by Gasteiger charge is 2.16. The molecule has 0 aromatic heterocycles. The Kier molecular flexibility index (Phi) is 6.70. The van der Waals surface area contributed by atoms with Gasteiger partial charge in [0.15, 0.2) is 0 Å². The zero-order valence-corrected chi connectivity index (χ0v) is 14.4. The highest BCUT2D eigenvalue weighted by molar-refractivity contribution is 5.20. The summed E-state index contributed by atoms with van der Waals surface area (Å²) < 4.78 is 5.77. The quantitative estimate of drug-likeness (QED) is 0.693. The first-order chi connectivity index (χ1) is 11.9. The van der Waals surface area contributed by atoms with Crippen molar-refractivity contribution in [3.05, 3.63) is 66.2 Å². The van der Waals surface area contributed by atoms with E-state index in [-0.39, 0.29) is 0 Å². The first kappa shape index (κ1) is 17.0. The molecule has 0 N–H and O–H groups in total. The minimum absolute atomic E-state index is 0.804. The summed E-state index contributed by atoms with van der Waals surface area (Å²) in [6.07, 6.45) is 2.25. The van der Waals surface area contributed by atoms with E-state index in [1.807, 2.05) is 30.3 Å². The number of piperazine rings is 1. The summed E-state index contributed by atoms with van der Waals surface area (Å²) >= 11 is 0. The van der Waals surface area contributed by atoms with Gasteiger partial charge in [-0.3, -0.25) is 0 Å². The maximum atomic E-state index is 5.77. The van der Waals surface area contributed by atoms with Crippen LogP contribution in [-0.4, -0.2) is 55.7 Å². The number of benzene rings is 2. The van der Waals surface area contributed by atoms with Gasteiger partial charge in [0.05, 0.1) is 6.61 Å². The molecule has 0 aliphatic carbocycles. The number of para-hydroxylation sites is 1. The fourth-order valence-electron chi connectivity index (χ4n) is 3.16. The molecule has 2 aromatic rings. The summed E-state index contributed by atoms with van der Waals surface area (Å²) in [7, 11) is 0. The molecule has 0 unspecified atom stereocenters. The van der Waals surface area contributed by atoms with Gasteiger partial charge in [0.25, 0.3) is 0 Å². The van der Waals surface area contributed by atoms with Crippen LogP contribution in [0.15, 0.2) is 60.7 Å². The third-order valence-corrected chi connectivity index (χ3v) is 4.66. The van der Waals surface area contributed by atoms with Gasteiger partial charge in [-0.25, -0.2) is 0 Å². The van der Waals surface area contributed by atoms with Crippen LogP contribution in [0.25, 0.3) is 0 Å². The summed E-state index contributed by atoms with van der Waals surface area (Å²) in [5.41, 5.74) is 1.44. The van der Waals surface area contributed by atoms with Gasteiger partial charge in [-0.05, 0) is 30.5 Å². The molecule has 1 heterocycles. The van der Waals surface area contributed by atoms with E-state index in [1.165, 1.54) is 38.3 Å². The molecule has 0 amide bonds. The molecule has 0 saturated carbocycles. The van der Waals surface area contributed by atoms with Gasteiger partial charge in [0, 0.05) is 39.3 Å². The van der Waals surface area contributed by atoms with Crippen molar-refractivity contribution >= 4 is 0 Å². The monoisotopic (exact) mass is 324 g/mol. The van der Waals surface area contributed by atoms with Gasteiger partial charge in [-0.15, -0.1) is 0 Å². The van der Waals surface area contributed by atoms with E-state index >= 15 is 0 Å². The maximum Gasteiger partial charge on any atom is 0.119 e. The molecular weight excluding hydrogens is 296 g/mol. The van der Waals surface area contributed by atoms with Crippen LogP contribution in [0.4, 0.5) is 0 Å². The first-order valence-electron chi connectivity index (χ1n) is 9.07. The Morgan fingerprint density at radius 1 is 0.708 bits per heavy atom. The molecule has 1 fully saturated rings. The Balaban J connectivity index is 1.27. The molecule has 3 heteroatoms. The van der Waals surface area contributed by atoms with Crippen LogP contribution >= 0.6 is 0 Å². The lowest BCUT2D eigenvalue weighted by molar-refractivity contribution is 0.127. The van der Waals surface area contributed by atoms with E-state index in [2.05, 4.69) is 40.1 Å². The lowest BCUT2D eigenvalue weighted by atomic mass is 10.1. The fourth-order valence-corrected chi connectivity index (χ4v) is 3.16. The van der Waals surface area contributed by atoms with Crippen molar-refractivity contribution in [2.24, 2.45) is 0 Å². The molecule has 3 rings (SSSR count). The van der Waals surface area contributed by atoms with Crippen molar-refractivity contribution < 1.29 is 4.74 Å². The smallest absolute Gasteiger partial charge is 0.119 e. The second-order valence-corrected chi connectivity index (χ2v) is 6.43. The van der Waals surface area contributed by atoms with Crippen LogP contribution in [0, 0.1) is 0 Å². The van der Waals surface area contributed by atoms with Crippen molar-refractivity contribution in [3.63, 3.8) is 0 Å². The predicted octanol–water partition coefficient (Wildman–Crippen LogP) is 3.32. The van der Waals surface area contributed by atoms with Crippen LogP contribution in [0.3, 0.4) is 0 Å². The van der Waals surface area contributed by atoms with Crippen molar-refractivity contribution in [2.75, 3.05) is 45.9 Å². The molecule has 2 aromatic carbocycles. The molecule has 3 nitrogen and oxygen atoms in total. The number of ether oxygens (including phenoxy) is 1. The summed E-state index contributed by atoms with van der Waals surface area (Å²) in [6, 6.07) is 20.9. The van der Waals surface area contributed by atoms with E-state index in [4.69, 9.17) is 4.74 Å². The molecule has 1 saturated heterocycles. The molecule has 0 bridgehead atoms. The zero-order chi connectivity index (χ0) is 16.5. The Hall–Kier alpha value is -1.84. The molecular formula is C21H28N2O. The number of nitrogens with zero attached hydrogens (tertiary/aromatic N) is 2. The number of hydrogen-bond donors (Lipinski definition) is 0. The minimum Gasteiger partial charge on any atom is -0.494 e. The normalized spacial score (nSPS) is 16.2. The average Bonchev–Trinajstić information content (AvgIpc) is 2.66. The highest BCUT2D eigenvalue weighted by atomic mass is 16.5. The largest absolute Gasteiger partial charge is 0.494 e. The van der Waals surface area contributed by atoms with Crippen molar-refractivity contribution in [2.45, 2.75) is 12.8 Å². The first-order valence-corrected chi connectivity index (χ1v) is 9.07. The summed E-state index contributed by atoms with van der Waals surface area (Å²) in [4.78, 5) is 5.15. The second-order valence-electron chi connectivity index (χ2n) is 6.43. The molecule has 128 valence electrons. The number of rotatable bonds is 8. The average molecular weight is 324 g/mol. The van der Waals surface area contributed by atoms with Gasteiger partial charge in [-0.1, -0.05) is 48.5 Å². The fraction of sp³-hybridized carbons (Fsp3) is 0.429. The van der Waals surface area contributed by atoms with E-state index in [0.717, 1.165) is 31.7 Å².